The molecule has 33 heavy (non-hydrogen) atoms. The molecule has 0 bridgehead atoms. The Morgan fingerprint density at radius 1 is 1.03 bits per heavy atom. The summed E-state index contributed by atoms with van der Waals surface area (Å²) in [6.07, 6.45) is 6.29. The molecule has 6 nitrogen and oxygen atoms in total. The lowest BCUT2D eigenvalue weighted by molar-refractivity contribution is -0.131. The van der Waals surface area contributed by atoms with Gasteiger partial charge >= 0.3 is 0 Å². The molecule has 2 saturated heterocycles. The van der Waals surface area contributed by atoms with Crippen LogP contribution in [0, 0.1) is 19.3 Å². The van der Waals surface area contributed by atoms with E-state index >= 15 is 0 Å². The van der Waals surface area contributed by atoms with Crippen LogP contribution in [0.4, 0.5) is 0 Å². The first kappa shape index (κ1) is 23.2. The lowest BCUT2D eigenvalue weighted by atomic mass is 9.78. The number of nitrogens with one attached hydrogen (secondary N) is 1. The minimum absolute atomic E-state index is 0.0137. The van der Waals surface area contributed by atoms with Gasteiger partial charge in [0.2, 0.25) is 11.8 Å². The van der Waals surface area contributed by atoms with Crippen LogP contribution in [0.1, 0.15) is 46.3 Å². The predicted octanol–water partition coefficient (Wildman–Crippen LogP) is 3.65. The van der Waals surface area contributed by atoms with Crippen LogP contribution in [-0.2, 0) is 9.59 Å². The van der Waals surface area contributed by atoms with Crippen molar-refractivity contribution in [2.45, 2.75) is 33.1 Å². The average Bonchev–Trinajstić information content (AvgIpc) is 3.48. The summed E-state index contributed by atoms with van der Waals surface area (Å²) in [4.78, 5) is 41.5. The van der Waals surface area contributed by atoms with Crippen LogP contribution >= 0.6 is 11.3 Å². The van der Waals surface area contributed by atoms with Crippen molar-refractivity contribution in [2.75, 3.05) is 32.7 Å². The van der Waals surface area contributed by atoms with Crippen LogP contribution in [0.3, 0.4) is 0 Å². The third-order valence-electron chi connectivity index (χ3n) is 7.06. The molecular weight excluding hydrogens is 434 g/mol. The molecule has 4 rings (SSSR count). The van der Waals surface area contributed by atoms with Gasteiger partial charge in [-0.05, 0) is 90.3 Å². The highest BCUT2D eigenvalue weighted by Crippen LogP contribution is 2.40. The minimum Gasteiger partial charge on any atom is -0.343 e. The fourth-order valence-electron chi connectivity index (χ4n) is 4.65. The summed E-state index contributed by atoms with van der Waals surface area (Å²) in [5.41, 5.74) is 3.91. The zero-order valence-corrected chi connectivity index (χ0v) is 20.1. The van der Waals surface area contributed by atoms with Crippen molar-refractivity contribution >= 4 is 35.1 Å². The average molecular weight is 466 g/mol. The SMILES string of the molecule is Cc1ccc(C(=O)NCC(=O)N2CCC3(CCN(C(=O)C=Cc4ccsc4)CC3)C2)cc1C. The number of benzene rings is 1. The van der Waals surface area contributed by atoms with E-state index in [0.29, 0.717) is 18.7 Å². The van der Waals surface area contributed by atoms with Gasteiger partial charge in [-0.3, -0.25) is 14.4 Å². The molecule has 2 aliphatic rings. The van der Waals surface area contributed by atoms with E-state index in [1.165, 1.54) is 0 Å². The maximum atomic E-state index is 12.7. The van der Waals surface area contributed by atoms with Crippen LogP contribution in [0.15, 0.2) is 41.1 Å². The Labute approximate surface area is 199 Å². The number of rotatable bonds is 5. The van der Waals surface area contributed by atoms with E-state index in [0.717, 1.165) is 49.0 Å². The van der Waals surface area contributed by atoms with Gasteiger partial charge in [-0.15, -0.1) is 0 Å². The Hall–Kier alpha value is -2.93. The standard InChI is InChI=1S/C26H31N3O3S/c1-19-3-5-22(15-20(19)2)25(32)27-16-24(31)29-13-10-26(18-29)8-11-28(12-9-26)23(30)6-4-21-7-14-33-17-21/h3-7,14-15,17H,8-13,16,18H2,1-2H3,(H,27,32). The monoisotopic (exact) mass is 465 g/mol. The van der Waals surface area contributed by atoms with Gasteiger partial charge in [-0.2, -0.15) is 11.3 Å². The number of hydrogen-bond donors (Lipinski definition) is 1. The molecule has 1 aromatic heterocycles. The van der Waals surface area contributed by atoms with Crippen molar-refractivity contribution in [1.82, 2.24) is 15.1 Å². The van der Waals surface area contributed by atoms with Gasteiger partial charge in [0.05, 0.1) is 6.54 Å². The molecule has 174 valence electrons. The maximum Gasteiger partial charge on any atom is 0.251 e. The lowest BCUT2D eigenvalue weighted by Gasteiger charge is -2.39. The van der Waals surface area contributed by atoms with E-state index in [9.17, 15) is 14.4 Å². The summed E-state index contributed by atoms with van der Waals surface area (Å²) in [5, 5.41) is 6.79. The fourth-order valence-corrected chi connectivity index (χ4v) is 5.28. The number of hydrogen-bond acceptors (Lipinski definition) is 4. The Morgan fingerprint density at radius 2 is 1.76 bits per heavy atom. The first-order valence-electron chi connectivity index (χ1n) is 11.5. The Kier molecular flexibility index (Phi) is 6.98. The van der Waals surface area contributed by atoms with Crippen LogP contribution < -0.4 is 5.32 Å². The Bertz CT molecular complexity index is 1050. The molecule has 1 spiro atoms. The second kappa shape index (κ2) is 9.91. The molecule has 3 heterocycles. The first-order valence-corrected chi connectivity index (χ1v) is 12.4. The van der Waals surface area contributed by atoms with E-state index in [2.05, 4.69) is 5.32 Å². The topological polar surface area (TPSA) is 69.7 Å². The highest BCUT2D eigenvalue weighted by Gasteiger charge is 2.42. The smallest absolute Gasteiger partial charge is 0.251 e. The molecule has 0 saturated carbocycles. The van der Waals surface area contributed by atoms with Gasteiger partial charge in [-0.25, -0.2) is 0 Å². The third-order valence-corrected chi connectivity index (χ3v) is 7.76. The zero-order chi connectivity index (χ0) is 23.4. The molecule has 3 amide bonds. The van der Waals surface area contributed by atoms with Crippen LogP contribution in [0.25, 0.3) is 6.08 Å². The molecule has 0 radical (unpaired) electrons. The minimum atomic E-state index is -0.220. The molecule has 7 heteroatoms. The number of carbonyl (C=O) groups excluding carboxylic acids is 3. The first-order chi connectivity index (χ1) is 15.8. The molecule has 1 aromatic carbocycles. The molecule has 0 aliphatic carbocycles. The summed E-state index contributed by atoms with van der Waals surface area (Å²) in [7, 11) is 0. The lowest BCUT2D eigenvalue weighted by Crippen LogP contribution is -2.45. The van der Waals surface area contributed by atoms with Crippen molar-refractivity contribution in [3.8, 4) is 0 Å². The number of thiophene rings is 1. The fraction of sp³-hybridized carbons (Fsp3) is 0.423. The number of piperidine rings is 1. The number of carbonyl (C=O) groups is 3. The second-order valence-electron chi connectivity index (χ2n) is 9.26. The molecule has 0 atom stereocenters. The highest BCUT2D eigenvalue weighted by atomic mass is 32.1. The molecule has 2 aromatic rings. The van der Waals surface area contributed by atoms with E-state index in [1.54, 1.807) is 23.5 Å². The third kappa shape index (κ3) is 5.53. The van der Waals surface area contributed by atoms with Crippen LogP contribution in [-0.4, -0.2) is 60.2 Å². The summed E-state index contributed by atoms with van der Waals surface area (Å²) in [5.74, 6) is -0.208. The van der Waals surface area contributed by atoms with E-state index < -0.39 is 0 Å². The summed E-state index contributed by atoms with van der Waals surface area (Å²) in [6, 6.07) is 7.56. The predicted molar refractivity (Wildman–Crippen MR) is 131 cm³/mol. The molecule has 0 unspecified atom stereocenters. The second-order valence-corrected chi connectivity index (χ2v) is 10.0. The van der Waals surface area contributed by atoms with Crippen LogP contribution in [0.2, 0.25) is 0 Å². The normalized spacial score (nSPS) is 17.6. The maximum absolute atomic E-state index is 12.7. The van der Waals surface area contributed by atoms with Crippen molar-refractivity contribution in [3.05, 3.63) is 63.4 Å². The zero-order valence-electron chi connectivity index (χ0n) is 19.3. The van der Waals surface area contributed by atoms with Gasteiger partial charge in [0.1, 0.15) is 0 Å². The van der Waals surface area contributed by atoms with Gasteiger partial charge < -0.3 is 15.1 Å². The molecule has 1 N–H and O–H groups in total. The Balaban J connectivity index is 1.24. The number of likely N-dealkylation sites (tertiary alicyclic amines) is 2. The largest absolute Gasteiger partial charge is 0.343 e. The molecule has 2 aliphatic heterocycles. The number of amides is 3. The van der Waals surface area contributed by atoms with Crippen molar-refractivity contribution < 1.29 is 14.4 Å². The summed E-state index contributed by atoms with van der Waals surface area (Å²) in [6.45, 7) is 6.85. The number of nitrogens with zero attached hydrogens (tertiary/aromatic N) is 2. The van der Waals surface area contributed by atoms with E-state index in [-0.39, 0.29) is 29.7 Å². The molecule has 2 fully saturated rings. The van der Waals surface area contributed by atoms with Crippen molar-refractivity contribution in [2.24, 2.45) is 5.41 Å². The van der Waals surface area contributed by atoms with Gasteiger partial charge in [0, 0.05) is 37.8 Å². The van der Waals surface area contributed by atoms with Gasteiger partial charge in [0.25, 0.3) is 5.91 Å². The van der Waals surface area contributed by atoms with Crippen molar-refractivity contribution in [3.63, 3.8) is 0 Å². The van der Waals surface area contributed by atoms with Gasteiger partial charge in [-0.1, -0.05) is 6.07 Å². The summed E-state index contributed by atoms with van der Waals surface area (Å²) < 4.78 is 0. The van der Waals surface area contributed by atoms with Crippen molar-refractivity contribution in [1.29, 1.82) is 0 Å². The van der Waals surface area contributed by atoms with Crippen LogP contribution in [0.5, 0.6) is 0 Å². The van der Waals surface area contributed by atoms with E-state index in [1.807, 2.05) is 58.7 Å². The number of aryl methyl sites for hydroxylation is 2. The molecular formula is C26H31N3O3S. The highest BCUT2D eigenvalue weighted by molar-refractivity contribution is 7.08. The summed E-state index contributed by atoms with van der Waals surface area (Å²) >= 11 is 1.62. The van der Waals surface area contributed by atoms with E-state index in [4.69, 9.17) is 0 Å². The van der Waals surface area contributed by atoms with Gasteiger partial charge in [0.15, 0.2) is 0 Å². The Morgan fingerprint density at radius 3 is 2.42 bits per heavy atom. The quantitative estimate of drug-likeness (QED) is 0.686.